The summed E-state index contributed by atoms with van der Waals surface area (Å²) in [5.41, 5.74) is 0.363. The number of hydrogen-bond donors (Lipinski definition) is 1. The van der Waals surface area contributed by atoms with Gasteiger partial charge in [-0.2, -0.15) is 0 Å². The van der Waals surface area contributed by atoms with Gasteiger partial charge in [0.1, 0.15) is 0 Å². The van der Waals surface area contributed by atoms with Gasteiger partial charge in [0, 0.05) is 0 Å². The van der Waals surface area contributed by atoms with E-state index in [1.165, 1.54) is 19.3 Å². The molecule has 0 amide bonds. The molecule has 0 spiro atoms. The maximum atomic E-state index is 5.02. The van der Waals surface area contributed by atoms with E-state index in [0.29, 0.717) is 11.5 Å². The molecule has 1 saturated carbocycles. The highest BCUT2D eigenvalue weighted by molar-refractivity contribution is 7.75. The fourth-order valence-corrected chi connectivity index (χ4v) is 1.88. The lowest BCUT2D eigenvalue weighted by molar-refractivity contribution is 0.131. The van der Waals surface area contributed by atoms with Crippen LogP contribution in [0.3, 0.4) is 0 Å². The third-order valence-corrected chi connectivity index (χ3v) is 2.54. The van der Waals surface area contributed by atoms with Crippen LogP contribution in [0.5, 0.6) is 0 Å². The Kier molecular flexibility index (Phi) is 2.07. The van der Waals surface area contributed by atoms with Gasteiger partial charge >= 0.3 is 0 Å². The average molecular weight is 146 g/mol. The van der Waals surface area contributed by atoms with Crippen LogP contribution in [0, 0.1) is 5.41 Å². The molecule has 1 aliphatic rings. The predicted molar refractivity (Wildman–Crippen MR) is 41.5 cm³/mol. The first-order chi connectivity index (χ1) is 4.17. The van der Waals surface area contributed by atoms with Crippen molar-refractivity contribution in [3.8, 4) is 0 Å². The number of thiol groups is 1. The maximum Gasteiger partial charge on any atom is 0.0769 e. The molecule has 1 nitrogen and oxygen atoms in total. The third-order valence-electron chi connectivity index (χ3n) is 2.29. The largest absolute Gasteiger partial charge is 0.315 e. The Bertz CT molecular complexity index is 101. The summed E-state index contributed by atoms with van der Waals surface area (Å²) in [5.74, 6) is 0. The van der Waals surface area contributed by atoms with Crippen molar-refractivity contribution in [1.29, 1.82) is 0 Å². The van der Waals surface area contributed by atoms with E-state index < -0.39 is 0 Å². The predicted octanol–water partition coefficient (Wildman–Crippen LogP) is 2.43. The van der Waals surface area contributed by atoms with E-state index in [1.807, 2.05) is 0 Å². The fraction of sp³-hybridized carbons (Fsp3) is 1.00. The monoisotopic (exact) mass is 146 g/mol. The number of rotatable bonds is 1. The molecule has 0 aliphatic heterocycles. The molecule has 1 fully saturated rings. The highest BCUT2D eigenvalue weighted by atomic mass is 32.1. The van der Waals surface area contributed by atoms with Crippen LogP contribution in [0.4, 0.5) is 0 Å². The Labute approximate surface area is 62.4 Å². The molecule has 1 atom stereocenters. The molecule has 1 aliphatic carbocycles. The minimum absolute atomic E-state index is 0.363. The molecule has 1 rings (SSSR count). The lowest BCUT2D eigenvalue weighted by Crippen LogP contribution is -2.22. The van der Waals surface area contributed by atoms with Crippen molar-refractivity contribution in [3.63, 3.8) is 0 Å². The van der Waals surface area contributed by atoms with Gasteiger partial charge in [0.2, 0.25) is 0 Å². The molecule has 2 heteroatoms. The summed E-state index contributed by atoms with van der Waals surface area (Å²) >= 11 is 3.83. The molecule has 0 saturated heterocycles. The van der Waals surface area contributed by atoms with E-state index in [0.717, 1.165) is 0 Å². The lowest BCUT2D eigenvalue weighted by Gasteiger charge is -2.23. The van der Waals surface area contributed by atoms with Gasteiger partial charge in [0.15, 0.2) is 0 Å². The standard InChI is InChI=1S/C7H14OS/c1-7(2)5-3-4-6(7)8-9/h6,9H,3-5H2,1-2H3/t6-/m0/s1. The quantitative estimate of drug-likeness (QED) is 0.441. The van der Waals surface area contributed by atoms with Crippen LogP contribution >= 0.6 is 12.9 Å². The summed E-state index contributed by atoms with van der Waals surface area (Å²) in [6.07, 6.45) is 4.12. The molecular weight excluding hydrogens is 132 g/mol. The number of hydrogen-bond acceptors (Lipinski definition) is 2. The first-order valence-electron chi connectivity index (χ1n) is 3.47. The zero-order valence-corrected chi connectivity index (χ0v) is 6.95. The van der Waals surface area contributed by atoms with Crippen LogP contribution < -0.4 is 0 Å². The Morgan fingerprint density at radius 2 is 2.22 bits per heavy atom. The lowest BCUT2D eigenvalue weighted by atomic mass is 9.90. The van der Waals surface area contributed by atoms with E-state index in [-0.39, 0.29) is 0 Å². The van der Waals surface area contributed by atoms with Crippen LogP contribution in [0.15, 0.2) is 0 Å². The molecular formula is C7H14OS. The topological polar surface area (TPSA) is 9.23 Å². The smallest absolute Gasteiger partial charge is 0.0769 e. The van der Waals surface area contributed by atoms with Gasteiger partial charge in [0.05, 0.1) is 6.10 Å². The van der Waals surface area contributed by atoms with E-state index in [4.69, 9.17) is 4.18 Å². The zero-order valence-electron chi connectivity index (χ0n) is 6.05. The van der Waals surface area contributed by atoms with Gasteiger partial charge in [-0.05, 0) is 31.2 Å². The van der Waals surface area contributed by atoms with E-state index >= 15 is 0 Å². The summed E-state index contributed by atoms with van der Waals surface area (Å²) in [7, 11) is 0. The van der Waals surface area contributed by atoms with Crippen molar-refractivity contribution in [2.24, 2.45) is 5.41 Å². The molecule has 54 valence electrons. The summed E-state index contributed by atoms with van der Waals surface area (Å²) in [6, 6.07) is 0. The maximum absolute atomic E-state index is 5.02. The van der Waals surface area contributed by atoms with Gasteiger partial charge in [-0.1, -0.05) is 20.3 Å². The fourth-order valence-electron chi connectivity index (χ4n) is 1.49. The van der Waals surface area contributed by atoms with Crippen molar-refractivity contribution < 1.29 is 4.18 Å². The van der Waals surface area contributed by atoms with Gasteiger partial charge in [-0.15, -0.1) is 0 Å². The Morgan fingerprint density at radius 1 is 1.56 bits per heavy atom. The second kappa shape index (κ2) is 2.51. The zero-order chi connectivity index (χ0) is 6.91. The van der Waals surface area contributed by atoms with Crippen LogP contribution in [-0.4, -0.2) is 6.10 Å². The second-order valence-corrected chi connectivity index (χ2v) is 3.69. The van der Waals surface area contributed by atoms with Crippen molar-refractivity contribution in [2.45, 2.75) is 39.2 Å². The van der Waals surface area contributed by atoms with Crippen LogP contribution in [-0.2, 0) is 4.18 Å². The summed E-state index contributed by atoms with van der Waals surface area (Å²) in [5, 5.41) is 0. The highest BCUT2D eigenvalue weighted by Crippen LogP contribution is 2.39. The second-order valence-electron chi connectivity index (χ2n) is 3.47. The van der Waals surface area contributed by atoms with Crippen molar-refractivity contribution in [1.82, 2.24) is 0 Å². The summed E-state index contributed by atoms with van der Waals surface area (Å²) < 4.78 is 5.02. The Hall–Kier alpha value is 0.310. The molecule has 9 heavy (non-hydrogen) atoms. The van der Waals surface area contributed by atoms with Gasteiger partial charge < -0.3 is 4.18 Å². The highest BCUT2D eigenvalue weighted by Gasteiger charge is 2.34. The van der Waals surface area contributed by atoms with E-state index in [9.17, 15) is 0 Å². The van der Waals surface area contributed by atoms with E-state index in [2.05, 4.69) is 26.8 Å². The van der Waals surface area contributed by atoms with Crippen LogP contribution in [0.2, 0.25) is 0 Å². The first kappa shape index (κ1) is 7.42. The summed E-state index contributed by atoms with van der Waals surface area (Å²) in [4.78, 5) is 0. The molecule has 0 heterocycles. The minimum Gasteiger partial charge on any atom is -0.315 e. The van der Waals surface area contributed by atoms with Crippen LogP contribution in [0.25, 0.3) is 0 Å². The third kappa shape index (κ3) is 1.41. The molecule has 0 aromatic carbocycles. The van der Waals surface area contributed by atoms with Gasteiger partial charge in [0.25, 0.3) is 0 Å². The SMILES string of the molecule is CC1(C)CCC[C@@H]1OS. The van der Waals surface area contributed by atoms with Crippen molar-refractivity contribution in [3.05, 3.63) is 0 Å². The minimum atomic E-state index is 0.363. The molecule has 0 radical (unpaired) electrons. The average Bonchev–Trinajstić information content (AvgIpc) is 2.08. The van der Waals surface area contributed by atoms with Gasteiger partial charge in [-0.25, -0.2) is 0 Å². The molecule has 0 aromatic rings. The van der Waals surface area contributed by atoms with E-state index in [1.54, 1.807) is 0 Å². The van der Waals surface area contributed by atoms with Gasteiger partial charge in [-0.3, -0.25) is 0 Å². The Morgan fingerprint density at radius 3 is 2.44 bits per heavy atom. The Balaban J connectivity index is 2.52. The normalized spacial score (nSPS) is 33.0. The van der Waals surface area contributed by atoms with Crippen LogP contribution in [0.1, 0.15) is 33.1 Å². The first-order valence-corrected chi connectivity index (χ1v) is 3.83. The molecule has 0 unspecified atom stereocenters. The van der Waals surface area contributed by atoms with Crippen molar-refractivity contribution >= 4 is 12.9 Å². The molecule has 0 bridgehead atoms. The summed E-state index contributed by atoms with van der Waals surface area (Å²) in [6.45, 7) is 4.47. The molecule has 0 N–H and O–H groups in total. The molecule has 0 aromatic heterocycles. The van der Waals surface area contributed by atoms with Crippen molar-refractivity contribution in [2.75, 3.05) is 0 Å².